The largest absolute Gasteiger partial charge is 0.354 e. The van der Waals surface area contributed by atoms with Crippen molar-refractivity contribution in [2.75, 3.05) is 6.54 Å². The topological polar surface area (TPSA) is 59.0 Å². The molecule has 0 aliphatic carbocycles. The summed E-state index contributed by atoms with van der Waals surface area (Å²) in [5, 5.41) is 6.55. The number of nitrogens with zero attached hydrogens (tertiary/aromatic N) is 2. The molecular weight excluding hydrogens is 252 g/mol. The van der Waals surface area contributed by atoms with Crippen LogP contribution >= 0.6 is 0 Å². The predicted octanol–water partition coefficient (Wildman–Crippen LogP) is 2.17. The average Bonchev–Trinajstić information content (AvgIpc) is 2.93. The van der Waals surface area contributed by atoms with Crippen molar-refractivity contribution in [2.24, 2.45) is 0 Å². The molecule has 0 saturated carbocycles. The second-order valence-corrected chi connectivity index (χ2v) is 5.74. The lowest BCUT2D eigenvalue weighted by Crippen LogP contribution is -2.37. The third-order valence-electron chi connectivity index (χ3n) is 4.01. The van der Waals surface area contributed by atoms with Crippen molar-refractivity contribution in [1.29, 1.82) is 0 Å². The van der Waals surface area contributed by atoms with Gasteiger partial charge in [-0.1, -0.05) is 6.92 Å². The van der Waals surface area contributed by atoms with Crippen molar-refractivity contribution in [3.8, 4) is 0 Å². The summed E-state index contributed by atoms with van der Waals surface area (Å²) in [5.41, 5.74) is 1.12. The van der Waals surface area contributed by atoms with E-state index in [1.807, 2.05) is 17.7 Å². The summed E-state index contributed by atoms with van der Waals surface area (Å²) in [6, 6.07) is 0.627. The fourth-order valence-electron chi connectivity index (χ4n) is 2.80. The zero-order valence-electron chi connectivity index (χ0n) is 12.7. The highest BCUT2D eigenvalue weighted by atomic mass is 16.2. The molecule has 5 nitrogen and oxygen atoms in total. The van der Waals surface area contributed by atoms with Gasteiger partial charge in [-0.05, 0) is 39.5 Å². The van der Waals surface area contributed by atoms with Gasteiger partial charge in [-0.2, -0.15) is 0 Å². The van der Waals surface area contributed by atoms with Crippen LogP contribution in [-0.2, 0) is 4.79 Å². The summed E-state index contributed by atoms with van der Waals surface area (Å²) in [6.07, 6.45) is 8.17. The number of aromatic nitrogens is 2. The number of carbonyl (C=O) groups excluding carboxylic acids is 1. The van der Waals surface area contributed by atoms with Crippen molar-refractivity contribution >= 4 is 5.91 Å². The number of imidazole rings is 1. The number of hydrogen-bond donors (Lipinski definition) is 2. The van der Waals surface area contributed by atoms with Gasteiger partial charge in [0.15, 0.2) is 0 Å². The lowest BCUT2D eigenvalue weighted by molar-refractivity contribution is -0.123. The van der Waals surface area contributed by atoms with Gasteiger partial charge >= 0.3 is 0 Å². The van der Waals surface area contributed by atoms with E-state index < -0.39 is 0 Å². The summed E-state index contributed by atoms with van der Waals surface area (Å²) in [6.45, 7) is 6.93. The van der Waals surface area contributed by atoms with E-state index in [0.29, 0.717) is 12.1 Å². The number of hydrogen-bond acceptors (Lipinski definition) is 3. The number of rotatable bonds is 5. The Morgan fingerprint density at radius 3 is 3.10 bits per heavy atom. The molecule has 0 aromatic carbocycles. The third kappa shape index (κ3) is 3.39. The molecule has 2 N–H and O–H groups in total. The van der Waals surface area contributed by atoms with Crippen LogP contribution in [0.5, 0.6) is 0 Å². The van der Waals surface area contributed by atoms with Crippen LogP contribution in [0.3, 0.4) is 0 Å². The molecule has 3 unspecified atom stereocenters. The van der Waals surface area contributed by atoms with Crippen LogP contribution in [0.2, 0.25) is 0 Å². The van der Waals surface area contributed by atoms with Crippen molar-refractivity contribution in [3.63, 3.8) is 0 Å². The Morgan fingerprint density at radius 2 is 2.40 bits per heavy atom. The van der Waals surface area contributed by atoms with Crippen LogP contribution in [0.4, 0.5) is 0 Å². The molecule has 0 radical (unpaired) electrons. The zero-order valence-corrected chi connectivity index (χ0v) is 12.7. The van der Waals surface area contributed by atoms with Crippen LogP contribution < -0.4 is 10.6 Å². The normalized spacial score (nSPS) is 24.4. The number of carbonyl (C=O) groups is 1. The minimum absolute atomic E-state index is 0.0648. The van der Waals surface area contributed by atoms with Crippen LogP contribution in [0.1, 0.15) is 64.2 Å². The van der Waals surface area contributed by atoms with Crippen LogP contribution in [0, 0.1) is 0 Å². The molecule has 112 valence electrons. The molecule has 20 heavy (non-hydrogen) atoms. The molecule has 1 amide bonds. The highest BCUT2D eigenvalue weighted by molar-refractivity contribution is 5.79. The molecule has 1 aromatic heterocycles. The molecule has 1 aliphatic rings. The molecule has 0 spiro atoms. The highest BCUT2D eigenvalue weighted by Crippen LogP contribution is 2.27. The quantitative estimate of drug-likeness (QED) is 0.868. The molecule has 2 heterocycles. The summed E-state index contributed by atoms with van der Waals surface area (Å²) >= 11 is 0. The van der Waals surface area contributed by atoms with Gasteiger partial charge in [0, 0.05) is 24.8 Å². The van der Waals surface area contributed by atoms with E-state index in [2.05, 4.69) is 29.5 Å². The van der Waals surface area contributed by atoms with E-state index in [4.69, 9.17) is 0 Å². The number of amides is 1. The van der Waals surface area contributed by atoms with Gasteiger partial charge in [0.1, 0.15) is 6.04 Å². The summed E-state index contributed by atoms with van der Waals surface area (Å²) in [5.74, 6) is 0.0648. The Hall–Kier alpha value is -1.36. The second-order valence-electron chi connectivity index (χ2n) is 5.74. The van der Waals surface area contributed by atoms with Crippen molar-refractivity contribution < 1.29 is 4.79 Å². The summed E-state index contributed by atoms with van der Waals surface area (Å²) < 4.78 is 2.00. The summed E-state index contributed by atoms with van der Waals surface area (Å²) in [7, 11) is 0. The van der Waals surface area contributed by atoms with Crippen molar-refractivity contribution in [1.82, 2.24) is 20.2 Å². The zero-order chi connectivity index (χ0) is 14.5. The Bertz CT molecular complexity index is 443. The molecule has 1 aliphatic heterocycles. The Balaban J connectivity index is 2.09. The van der Waals surface area contributed by atoms with Crippen LogP contribution in [-0.4, -0.2) is 28.0 Å². The van der Waals surface area contributed by atoms with Gasteiger partial charge in [-0.15, -0.1) is 0 Å². The first-order valence-electron chi connectivity index (χ1n) is 7.69. The van der Waals surface area contributed by atoms with E-state index in [1.54, 1.807) is 6.33 Å². The third-order valence-corrected chi connectivity index (χ3v) is 4.01. The Labute approximate surface area is 121 Å². The first-order valence-corrected chi connectivity index (χ1v) is 7.69. The highest BCUT2D eigenvalue weighted by Gasteiger charge is 2.25. The van der Waals surface area contributed by atoms with Gasteiger partial charge in [-0.25, -0.2) is 4.98 Å². The second kappa shape index (κ2) is 6.88. The van der Waals surface area contributed by atoms with E-state index in [1.165, 1.54) is 12.8 Å². The Kier molecular flexibility index (Phi) is 5.17. The Morgan fingerprint density at radius 1 is 1.60 bits per heavy atom. The molecular formula is C15H26N4O. The van der Waals surface area contributed by atoms with Gasteiger partial charge in [0.25, 0.3) is 0 Å². The molecule has 5 heteroatoms. The summed E-state index contributed by atoms with van der Waals surface area (Å²) in [4.78, 5) is 16.4. The molecule has 1 aromatic rings. The lowest BCUT2D eigenvalue weighted by atomic mass is 9.97. The smallest absolute Gasteiger partial charge is 0.242 e. The van der Waals surface area contributed by atoms with E-state index in [-0.39, 0.29) is 11.9 Å². The monoisotopic (exact) mass is 278 g/mol. The van der Waals surface area contributed by atoms with Gasteiger partial charge in [-0.3, -0.25) is 4.79 Å². The van der Waals surface area contributed by atoms with Crippen LogP contribution in [0.25, 0.3) is 0 Å². The maximum absolute atomic E-state index is 12.1. The van der Waals surface area contributed by atoms with Crippen molar-refractivity contribution in [3.05, 3.63) is 18.2 Å². The minimum atomic E-state index is -0.210. The maximum atomic E-state index is 12.1. The van der Waals surface area contributed by atoms with Crippen LogP contribution in [0.15, 0.2) is 12.5 Å². The first kappa shape index (κ1) is 15.0. The molecule has 0 bridgehead atoms. The number of piperidine rings is 1. The maximum Gasteiger partial charge on any atom is 0.242 e. The van der Waals surface area contributed by atoms with E-state index in [9.17, 15) is 4.79 Å². The molecule has 1 fully saturated rings. The standard InChI is InChI=1S/C15H26N4O/c1-4-8-17-15(20)12(3)19-10-16-9-14(19)13-7-5-6-11(2)18-13/h9-13,18H,4-8H2,1-3H3,(H,17,20). The average molecular weight is 278 g/mol. The molecule has 2 rings (SSSR count). The van der Waals surface area contributed by atoms with E-state index in [0.717, 1.165) is 25.1 Å². The molecule has 3 atom stereocenters. The fourth-order valence-corrected chi connectivity index (χ4v) is 2.80. The lowest BCUT2D eigenvalue weighted by Gasteiger charge is -2.30. The van der Waals surface area contributed by atoms with Gasteiger partial charge in [0.05, 0.1) is 12.0 Å². The number of nitrogens with one attached hydrogen (secondary N) is 2. The van der Waals surface area contributed by atoms with Gasteiger partial charge < -0.3 is 15.2 Å². The molecule has 1 saturated heterocycles. The predicted molar refractivity (Wildman–Crippen MR) is 79.4 cm³/mol. The van der Waals surface area contributed by atoms with Gasteiger partial charge in [0.2, 0.25) is 5.91 Å². The SMILES string of the molecule is CCCNC(=O)C(C)n1cncc1C1CCCC(C)N1. The first-order chi connectivity index (χ1) is 9.63. The minimum Gasteiger partial charge on any atom is -0.354 e. The van der Waals surface area contributed by atoms with E-state index >= 15 is 0 Å². The van der Waals surface area contributed by atoms with Crippen molar-refractivity contribution in [2.45, 2.75) is 64.6 Å². The fraction of sp³-hybridized carbons (Fsp3) is 0.733.